The predicted octanol–water partition coefficient (Wildman–Crippen LogP) is 5.01. The minimum Gasteiger partial charge on any atom is -0.507 e. The molecular formula is C27H31N3O5. The average molecular weight is 478 g/mol. The number of nitrogens with zero attached hydrogens (tertiary/aromatic N) is 3. The molecule has 1 rings (SSSR count). The Balaban J connectivity index is 0.0000116. The Bertz CT molecular complexity index is 1120. The number of carbonyl (C=O) groups is 1. The second kappa shape index (κ2) is 16.1. The molecule has 0 amide bonds. The number of rotatable bonds is 13. The molecule has 0 spiro atoms. The molecule has 0 aliphatic rings. The molecule has 0 atom stereocenters. The molecule has 0 aliphatic heterocycles. The van der Waals surface area contributed by atoms with Crippen LogP contribution < -0.4 is 0 Å². The van der Waals surface area contributed by atoms with Crippen LogP contribution in [0.5, 0.6) is 0 Å². The highest BCUT2D eigenvalue weighted by Crippen LogP contribution is 2.21. The van der Waals surface area contributed by atoms with Gasteiger partial charge >= 0.3 is 5.97 Å². The topological polar surface area (TPSA) is 126 Å². The number of esters is 1. The van der Waals surface area contributed by atoms with Gasteiger partial charge in [0.25, 0.3) is 0 Å². The van der Waals surface area contributed by atoms with Crippen molar-refractivity contribution in [2.45, 2.75) is 13.8 Å². The molecule has 0 fully saturated rings. The number of aliphatic hydroxyl groups is 1. The molecule has 0 aromatic carbocycles. The Labute approximate surface area is 206 Å². The minimum absolute atomic E-state index is 0. The molecule has 1 aromatic rings. The zero-order valence-corrected chi connectivity index (χ0v) is 20.0. The summed E-state index contributed by atoms with van der Waals surface area (Å²) >= 11 is 0. The van der Waals surface area contributed by atoms with Crippen molar-refractivity contribution in [2.24, 2.45) is 0 Å². The van der Waals surface area contributed by atoms with Crippen LogP contribution in [0, 0.1) is 0 Å². The van der Waals surface area contributed by atoms with Crippen LogP contribution in [0.15, 0.2) is 105 Å². The summed E-state index contributed by atoms with van der Waals surface area (Å²) in [5.74, 6) is 0.385. The van der Waals surface area contributed by atoms with Crippen molar-refractivity contribution >= 4 is 22.7 Å². The summed E-state index contributed by atoms with van der Waals surface area (Å²) in [6.45, 7) is 21.3. The van der Waals surface area contributed by atoms with Gasteiger partial charge in [-0.05, 0) is 13.0 Å². The maximum absolute atomic E-state index is 10.9. The molecule has 0 radical (unpaired) electrons. The van der Waals surface area contributed by atoms with E-state index in [-0.39, 0.29) is 29.6 Å². The van der Waals surface area contributed by atoms with Crippen LogP contribution in [0.1, 0.15) is 31.3 Å². The van der Waals surface area contributed by atoms with E-state index < -0.39 is 5.97 Å². The van der Waals surface area contributed by atoms with Crippen LogP contribution >= 0.6 is 0 Å². The molecule has 184 valence electrons. The van der Waals surface area contributed by atoms with Gasteiger partial charge in [0.15, 0.2) is 17.5 Å². The Hall–Kier alpha value is -4.56. The standard InChI is InChI=1S/C27H29N3O4.H2O/c1-8-12-15-19(5)25-28-26(30-27(29-25)22(14-10-3)16-13-9-2)20(6)24(32)17-23(11-4)34-18-33-21(7)31;/h8-17,32H,1-5,18H2,6-7H3;1H2/b15-12-,16-13-,22-14+,23-17+,24-20-;. The van der Waals surface area contributed by atoms with Gasteiger partial charge in [-0.25, -0.2) is 15.0 Å². The molecule has 0 saturated carbocycles. The molecule has 0 bridgehead atoms. The Morgan fingerprint density at radius 1 is 0.914 bits per heavy atom. The number of ether oxygens (including phenoxy) is 2. The Morgan fingerprint density at radius 3 is 2.09 bits per heavy atom. The van der Waals surface area contributed by atoms with Crippen molar-refractivity contribution in [1.82, 2.24) is 15.0 Å². The highest BCUT2D eigenvalue weighted by Gasteiger charge is 2.14. The van der Waals surface area contributed by atoms with Gasteiger partial charge in [0, 0.05) is 29.7 Å². The smallest absolute Gasteiger partial charge is 0.305 e. The summed E-state index contributed by atoms with van der Waals surface area (Å²) in [6, 6.07) is 0. The van der Waals surface area contributed by atoms with Crippen LogP contribution in [0.3, 0.4) is 0 Å². The van der Waals surface area contributed by atoms with Crippen LogP contribution in [0.2, 0.25) is 0 Å². The van der Waals surface area contributed by atoms with Gasteiger partial charge in [0.2, 0.25) is 6.79 Å². The van der Waals surface area contributed by atoms with Crippen molar-refractivity contribution in [3.63, 3.8) is 0 Å². The van der Waals surface area contributed by atoms with Crippen LogP contribution in [0.25, 0.3) is 16.7 Å². The SMILES string of the molecule is C=C/C=C\C(=C)c1nc(/C(C)=C(O)/C=C(\C=C)OCOC(C)=O)nc(C(/C=C\C=C)=C/C=C)n1.O. The molecule has 1 aromatic heterocycles. The van der Waals surface area contributed by atoms with Crippen molar-refractivity contribution < 1.29 is 24.9 Å². The van der Waals surface area contributed by atoms with E-state index in [1.54, 1.807) is 55.5 Å². The largest absolute Gasteiger partial charge is 0.507 e. The molecule has 8 heteroatoms. The monoisotopic (exact) mass is 477 g/mol. The molecule has 1 heterocycles. The molecule has 8 nitrogen and oxygen atoms in total. The number of aliphatic hydroxyl groups excluding tert-OH is 1. The van der Waals surface area contributed by atoms with Crippen molar-refractivity contribution in [3.8, 4) is 0 Å². The lowest BCUT2D eigenvalue weighted by Crippen LogP contribution is -2.07. The van der Waals surface area contributed by atoms with Crippen LogP contribution in [-0.2, 0) is 14.3 Å². The molecule has 0 unspecified atom stereocenters. The lowest BCUT2D eigenvalue weighted by atomic mass is 10.1. The fourth-order valence-electron chi connectivity index (χ4n) is 2.28. The molecular weight excluding hydrogens is 446 g/mol. The summed E-state index contributed by atoms with van der Waals surface area (Å²) in [5.41, 5.74) is 1.51. The van der Waals surface area contributed by atoms with Gasteiger partial charge in [-0.15, -0.1) is 0 Å². The summed E-state index contributed by atoms with van der Waals surface area (Å²) in [6.07, 6.45) is 16.2. The van der Waals surface area contributed by atoms with Crippen LogP contribution in [0.4, 0.5) is 0 Å². The second-order valence-electron chi connectivity index (χ2n) is 6.54. The van der Waals surface area contributed by atoms with Gasteiger partial charge in [0.1, 0.15) is 11.5 Å². The Kier molecular flexibility index (Phi) is 14.0. The highest BCUT2D eigenvalue weighted by molar-refractivity contribution is 5.75. The van der Waals surface area contributed by atoms with E-state index in [4.69, 9.17) is 9.47 Å². The van der Waals surface area contributed by atoms with E-state index in [0.717, 1.165) is 0 Å². The van der Waals surface area contributed by atoms with Crippen LogP contribution in [-0.4, -0.2) is 38.3 Å². The average Bonchev–Trinajstić information content (AvgIpc) is 2.83. The van der Waals surface area contributed by atoms with E-state index in [2.05, 4.69) is 47.8 Å². The predicted molar refractivity (Wildman–Crippen MR) is 141 cm³/mol. The number of hydrogen-bond acceptors (Lipinski definition) is 7. The first kappa shape index (κ1) is 30.4. The first-order valence-corrected chi connectivity index (χ1v) is 10.1. The maximum atomic E-state index is 10.9. The number of hydrogen-bond donors (Lipinski definition) is 1. The quantitative estimate of drug-likeness (QED) is 0.183. The van der Waals surface area contributed by atoms with Gasteiger partial charge in [-0.3, -0.25) is 4.79 Å². The number of aromatic nitrogens is 3. The first-order chi connectivity index (χ1) is 16.3. The van der Waals surface area contributed by atoms with Gasteiger partial charge in [0.05, 0.1) is 0 Å². The fourth-order valence-corrected chi connectivity index (χ4v) is 2.28. The Morgan fingerprint density at radius 2 is 1.51 bits per heavy atom. The lowest BCUT2D eigenvalue weighted by Gasteiger charge is -2.10. The highest BCUT2D eigenvalue weighted by atomic mass is 16.7. The zero-order chi connectivity index (χ0) is 25.5. The zero-order valence-electron chi connectivity index (χ0n) is 20.0. The van der Waals surface area contributed by atoms with E-state index in [0.29, 0.717) is 28.4 Å². The van der Waals surface area contributed by atoms with Crippen molar-refractivity contribution in [3.05, 3.63) is 123 Å². The van der Waals surface area contributed by atoms with Gasteiger partial charge in [-0.2, -0.15) is 0 Å². The first-order valence-electron chi connectivity index (χ1n) is 10.1. The number of allylic oxidation sites excluding steroid dienone is 13. The van der Waals surface area contributed by atoms with Gasteiger partial charge in [-0.1, -0.05) is 81.5 Å². The van der Waals surface area contributed by atoms with Crippen molar-refractivity contribution in [1.29, 1.82) is 0 Å². The van der Waals surface area contributed by atoms with Gasteiger partial charge < -0.3 is 20.1 Å². The second-order valence-corrected chi connectivity index (χ2v) is 6.54. The molecule has 35 heavy (non-hydrogen) atoms. The van der Waals surface area contributed by atoms with E-state index in [9.17, 15) is 9.90 Å². The third kappa shape index (κ3) is 10.3. The minimum atomic E-state index is -0.496. The summed E-state index contributed by atoms with van der Waals surface area (Å²) < 4.78 is 10.0. The van der Waals surface area contributed by atoms with E-state index in [1.807, 2.05) is 0 Å². The molecule has 0 saturated heterocycles. The van der Waals surface area contributed by atoms with E-state index >= 15 is 0 Å². The van der Waals surface area contributed by atoms with E-state index in [1.165, 1.54) is 19.1 Å². The summed E-state index contributed by atoms with van der Waals surface area (Å²) in [4.78, 5) is 24.4. The normalized spacial score (nSPS) is 12.4. The fraction of sp³-hybridized carbons (Fsp3) is 0.111. The third-order valence-electron chi connectivity index (χ3n) is 4.01. The maximum Gasteiger partial charge on any atom is 0.305 e. The lowest BCUT2D eigenvalue weighted by molar-refractivity contribution is -0.150. The summed E-state index contributed by atoms with van der Waals surface area (Å²) in [5, 5.41) is 10.7. The summed E-state index contributed by atoms with van der Waals surface area (Å²) in [7, 11) is 0. The van der Waals surface area contributed by atoms with Crippen molar-refractivity contribution in [2.75, 3.05) is 6.79 Å². The molecule has 0 aliphatic carbocycles. The third-order valence-corrected chi connectivity index (χ3v) is 4.01. The molecule has 3 N–H and O–H groups in total. The number of carbonyl (C=O) groups excluding carboxylic acids is 1.